The third kappa shape index (κ3) is 3.99. The molecule has 5 nitrogen and oxygen atoms in total. The lowest BCUT2D eigenvalue weighted by Gasteiger charge is -2.06. The normalized spacial score (nSPS) is 11.8. The molecular weight excluding hydrogens is 469 g/mol. The fraction of sp³-hybridized carbons (Fsp3) is 0. The van der Waals surface area contributed by atoms with Gasteiger partial charge >= 0.3 is 0 Å². The molecule has 2 heterocycles. The average molecular weight is 479 g/mol. The molecule has 0 bridgehead atoms. The third-order valence-corrected chi connectivity index (χ3v) is 5.24. The van der Waals surface area contributed by atoms with Crippen LogP contribution in [0.25, 0.3) is 11.0 Å². The molecule has 4 rings (SSSR count). The minimum atomic E-state index is -0.498. The summed E-state index contributed by atoms with van der Waals surface area (Å²) in [5, 5.41) is 5.82. The van der Waals surface area contributed by atoms with Gasteiger partial charge in [-0.05, 0) is 36.4 Å². The molecule has 2 aromatic carbocycles. The van der Waals surface area contributed by atoms with E-state index in [1.807, 2.05) is 6.07 Å². The lowest BCUT2D eigenvalue weighted by molar-refractivity contribution is 0.102. The second-order valence-corrected chi connectivity index (χ2v) is 7.86. The van der Waals surface area contributed by atoms with Crippen molar-refractivity contribution in [2.75, 3.05) is 5.32 Å². The molecular formula is C19H10BrClFN3O2S. The minimum absolute atomic E-state index is 0.0105. The number of rotatable bonds is 3. The van der Waals surface area contributed by atoms with E-state index in [9.17, 15) is 9.18 Å². The van der Waals surface area contributed by atoms with Crippen LogP contribution in [0.5, 0.6) is 0 Å². The first-order valence-electron chi connectivity index (χ1n) is 7.93. The van der Waals surface area contributed by atoms with Gasteiger partial charge in [0.1, 0.15) is 17.0 Å². The van der Waals surface area contributed by atoms with Gasteiger partial charge in [0.05, 0.1) is 10.7 Å². The summed E-state index contributed by atoms with van der Waals surface area (Å²) in [5.74, 6) is -0.950. The van der Waals surface area contributed by atoms with Crippen molar-refractivity contribution in [1.29, 1.82) is 0 Å². The van der Waals surface area contributed by atoms with E-state index >= 15 is 0 Å². The number of halogens is 3. The monoisotopic (exact) mass is 477 g/mol. The number of hydrogen-bond acceptors (Lipinski definition) is 5. The van der Waals surface area contributed by atoms with Crippen LogP contribution in [-0.4, -0.2) is 10.9 Å². The fourth-order valence-corrected chi connectivity index (χ4v) is 3.54. The Balaban J connectivity index is 1.92. The van der Waals surface area contributed by atoms with E-state index in [1.165, 1.54) is 29.5 Å². The van der Waals surface area contributed by atoms with Crippen LogP contribution in [0.4, 0.5) is 15.2 Å². The Morgan fingerprint density at radius 2 is 2.11 bits per heavy atom. The summed E-state index contributed by atoms with van der Waals surface area (Å²) >= 11 is 10.8. The van der Waals surface area contributed by atoms with Gasteiger partial charge in [-0.25, -0.2) is 14.4 Å². The van der Waals surface area contributed by atoms with Crippen LogP contribution in [-0.2, 0) is 0 Å². The van der Waals surface area contributed by atoms with Crippen LogP contribution in [0.1, 0.15) is 10.4 Å². The van der Waals surface area contributed by atoms with E-state index in [1.54, 1.807) is 29.8 Å². The molecule has 0 fully saturated rings. The van der Waals surface area contributed by atoms with E-state index in [4.69, 9.17) is 16.0 Å². The van der Waals surface area contributed by atoms with Crippen LogP contribution in [0.2, 0.25) is 5.02 Å². The fourth-order valence-electron chi connectivity index (χ4n) is 2.48. The highest BCUT2D eigenvalue weighted by Gasteiger charge is 2.15. The molecule has 0 aliphatic heterocycles. The predicted octanol–water partition coefficient (Wildman–Crippen LogP) is 5.93. The van der Waals surface area contributed by atoms with Crippen LogP contribution in [0.3, 0.4) is 0 Å². The maximum Gasteiger partial charge on any atom is 0.262 e. The van der Waals surface area contributed by atoms with Gasteiger partial charge in [-0.15, -0.1) is 11.3 Å². The standard InChI is InChI=1S/C19H10BrClFN3O2S/c20-11-1-4-16-10(7-11)8-13(17(26)25-19-23-5-6-28-19)18(27-16)24-15-9-12(22)2-3-14(15)21/h1-9H,(H,23,25,26). The number of hydrogen-bond donors (Lipinski definition) is 1. The number of benzene rings is 2. The molecule has 1 N–H and O–H groups in total. The summed E-state index contributed by atoms with van der Waals surface area (Å²) < 4.78 is 20.3. The maximum atomic E-state index is 13.6. The van der Waals surface area contributed by atoms with Gasteiger partial charge < -0.3 is 4.42 Å². The maximum absolute atomic E-state index is 13.6. The van der Waals surface area contributed by atoms with Gasteiger partial charge in [-0.3, -0.25) is 10.1 Å². The van der Waals surface area contributed by atoms with Crippen LogP contribution >= 0.6 is 38.9 Å². The molecule has 0 unspecified atom stereocenters. The molecule has 4 aromatic rings. The van der Waals surface area contributed by atoms with E-state index in [2.05, 4.69) is 31.2 Å². The third-order valence-electron chi connectivity index (χ3n) is 3.74. The van der Waals surface area contributed by atoms with E-state index in [0.717, 1.165) is 4.47 Å². The molecule has 0 saturated carbocycles. The average Bonchev–Trinajstić information content (AvgIpc) is 3.17. The zero-order valence-corrected chi connectivity index (χ0v) is 17.1. The summed E-state index contributed by atoms with van der Waals surface area (Å²) in [7, 11) is 0. The first-order chi connectivity index (χ1) is 13.5. The second-order valence-electron chi connectivity index (χ2n) is 5.65. The second kappa shape index (κ2) is 7.83. The summed E-state index contributed by atoms with van der Waals surface area (Å²) in [5.41, 5.74) is 0.850. The van der Waals surface area contributed by atoms with Gasteiger partial charge in [0.25, 0.3) is 5.91 Å². The van der Waals surface area contributed by atoms with Gasteiger partial charge in [0, 0.05) is 27.5 Å². The lowest BCUT2D eigenvalue weighted by Crippen LogP contribution is -2.21. The Labute approximate surface area is 175 Å². The molecule has 1 amide bonds. The SMILES string of the molecule is O=C(Nc1nccs1)c1cc2cc(Br)ccc2oc1=Nc1cc(F)ccc1Cl. The van der Waals surface area contributed by atoms with Gasteiger partial charge in [0.15, 0.2) is 5.13 Å². The topological polar surface area (TPSA) is 67.5 Å². The molecule has 9 heteroatoms. The number of carbonyl (C=O) groups excluding carboxylic acids is 1. The van der Waals surface area contributed by atoms with E-state index in [-0.39, 0.29) is 21.8 Å². The first kappa shape index (κ1) is 18.8. The Hall–Kier alpha value is -2.55. The smallest absolute Gasteiger partial charge is 0.262 e. The molecule has 2 aromatic heterocycles. The zero-order chi connectivity index (χ0) is 19.7. The number of amides is 1. The number of nitrogens with zero attached hydrogens (tertiary/aromatic N) is 2. The number of fused-ring (bicyclic) bond motifs is 1. The molecule has 140 valence electrons. The number of nitrogens with one attached hydrogen (secondary N) is 1. The quantitative estimate of drug-likeness (QED) is 0.397. The molecule has 0 spiro atoms. The number of anilines is 1. The van der Waals surface area contributed by atoms with Crippen molar-refractivity contribution in [3.05, 3.63) is 80.5 Å². The van der Waals surface area contributed by atoms with Gasteiger partial charge in [0.2, 0.25) is 5.55 Å². The van der Waals surface area contributed by atoms with Crippen LogP contribution in [0, 0.1) is 5.82 Å². The predicted molar refractivity (Wildman–Crippen MR) is 111 cm³/mol. The van der Waals surface area contributed by atoms with Crippen molar-refractivity contribution in [3.63, 3.8) is 0 Å². The highest BCUT2D eigenvalue weighted by molar-refractivity contribution is 9.10. The Morgan fingerprint density at radius 3 is 2.89 bits per heavy atom. The van der Waals surface area contributed by atoms with E-state index < -0.39 is 11.7 Å². The lowest BCUT2D eigenvalue weighted by atomic mass is 10.1. The highest BCUT2D eigenvalue weighted by atomic mass is 79.9. The molecule has 0 aliphatic rings. The minimum Gasteiger partial charge on any atom is -0.438 e. The van der Waals surface area contributed by atoms with Crippen molar-refractivity contribution < 1.29 is 13.6 Å². The Morgan fingerprint density at radius 1 is 1.25 bits per heavy atom. The number of aromatic nitrogens is 1. The Bertz CT molecular complexity index is 1260. The van der Waals surface area contributed by atoms with Crippen molar-refractivity contribution in [1.82, 2.24) is 4.98 Å². The van der Waals surface area contributed by atoms with Gasteiger partial charge in [-0.2, -0.15) is 0 Å². The number of thiazole rings is 1. The van der Waals surface area contributed by atoms with Gasteiger partial charge in [-0.1, -0.05) is 27.5 Å². The Kier molecular flexibility index (Phi) is 5.25. The summed E-state index contributed by atoms with van der Waals surface area (Å²) in [6.45, 7) is 0. The molecule has 0 atom stereocenters. The van der Waals surface area contributed by atoms with Crippen molar-refractivity contribution in [2.24, 2.45) is 4.99 Å². The largest absolute Gasteiger partial charge is 0.438 e. The van der Waals surface area contributed by atoms with Crippen molar-refractivity contribution in [3.8, 4) is 0 Å². The highest BCUT2D eigenvalue weighted by Crippen LogP contribution is 2.26. The summed E-state index contributed by atoms with van der Waals surface area (Å²) in [6.07, 6.45) is 1.58. The number of carbonyl (C=O) groups is 1. The van der Waals surface area contributed by atoms with Crippen molar-refractivity contribution in [2.45, 2.75) is 0 Å². The summed E-state index contributed by atoms with van der Waals surface area (Å²) in [4.78, 5) is 21.2. The molecule has 28 heavy (non-hydrogen) atoms. The molecule has 0 saturated heterocycles. The van der Waals surface area contributed by atoms with Crippen molar-refractivity contribution >= 4 is 66.6 Å². The first-order valence-corrected chi connectivity index (χ1v) is 9.99. The van der Waals surface area contributed by atoms with Crippen LogP contribution < -0.4 is 10.9 Å². The summed E-state index contributed by atoms with van der Waals surface area (Å²) in [6, 6.07) is 10.8. The molecule has 0 aliphatic carbocycles. The van der Waals surface area contributed by atoms with E-state index in [0.29, 0.717) is 16.1 Å². The molecule has 0 radical (unpaired) electrons. The zero-order valence-electron chi connectivity index (χ0n) is 13.9. The van der Waals surface area contributed by atoms with Crippen LogP contribution in [0.15, 0.2) is 67.9 Å².